The largest absolute Gasteiger partial charge is 0.311 e. The van der Waals surface area contributed by atoms with Gasteiger partial charge >= 0.3 is 0 Å². The first kappa shape index (κ1) is 19.6. The van der Waals surface area contributed by atoms with Crippen LogP contribution in [0.1, 0.15) is 44.7 Å². The van der Waals surface area contributed by atoms with Crippen LogP contribution >= 0.6 is 0 Å². The van der Waals surface area contributed by atoms with Gasteiger partial charge in [0.2, 0.25) is 5.91 Å². The molecule has 1 N–H and O–H groups in total. The van der Waals surface area contributed by atoms with Crippen LogP contribution in [0.3, 0.4) is 0 Å². The first-order chi connectivity index (χ1) is 12.6. The number of carbonyl (C=O) groups is 1. The number of aromatic nitrogens is 2. The molecule has 27 heavy (non-hydrogen) atoms. The maximum atomic E-state index is 12.3. The topological polar surface area (TPSA) is 81.1 Å². The summed E-state index contributed by atoms with van der Waals surface area (Å²) >= 11 is 0. The zero-order chi connectivity index (χ0) is 19.7. The molecule has 7 heteroatoms. The Hall–Kier alpha value is -2.15. The number of carbonyl (C=O) groups excluding carboxylic acids is 1. The lowest BCUT2D eigenvalue weighted by molar-refractivity contribution is -0.116. The molecule has 1 aliphatic rings. The summed E-state index contributed by atoms with van der Waals surface area (Å²) in [5.74, 6) is 0.673. The predicted molar refractivity (Wildman–Crippen MR) is 106 cm³/mol. The Kier molecular flexibility index (Phi) is 5.42. The van der Waals surface area contributed by atoms with Gasteiger partial charge in [-0.2, -0.15) is 5.10 Å². The van der Waals surface area contributed by atoms with Gasteiger partial charge in [0.25, 0.3) is 0 Å². The summed E-state index contributed by atoms with van der Waals surface area (Å²) in [5, 5.41) is 7.16. The van der Waals surface area contributed by atoms with Crippen molar-refractivity contribution in [2.75, 3.05) is 16.8 Å². The van der Waals surface area contributed by atoms with Gasteiger partial charge in [0.05, 0.1) is 24.2 Å². The highest BCUT2D eigenvalue weighted by atomic mass is 32.2. The number of sulfone groups is 1. The number of hydrogen-bond acceptors (Lipinski definition) is 4. The van der Waals surface area contributed by atoms with E-state index in [1.54, 1.807) is 16.9 Å². The highest BCUT2D eigenvalue weighted by molar-refractivity contribution is 7.91. The lowest BCUT2D eigenvalue weighted by atomic mass is 9.87. The van der Waals surface area contributed by atoms with Crippen molar-refractivity contribution in [1.82, 2.24) is 9.78 Å². The quantitative estimate of drug-likeness (QED) is 0.852. The molecule has 3 rings (SSSR count). The van der Waals surface area contributed by atoms with Crippen LogP contribution in [0, 0.1) is 5.92 Å². The second-order valence-electron chi connectivity index (χ2n) is 8.34. The number of benzene rings is 1. The minimum atomic E-state index is -2.96. The molecule has 0 saturated carbocycles. The fourth-order valence-electron chi connectivity index (χ4n) is 3.34. The Labute approximate surface area is 160 Å². The molecule has 1 aromatic heterocycles. The number of nitrogens with zero attached hydrogens (tertiary/aromatic N) is 2. The number of amides is 1. The Bertz CT molecular complexity index is 909. The third kappa shape index (κ3) is 5.19. The minimum absolute atomic E-state index is 0.0867. The van der Waals surface area contributed by atoms with Gasteiger partial charge in [0.1, 0.15) is 5.82 Å². The Morgan fingerprint density at radius 2 is 1.93 bits per heavy atom. The van der Waals surface area contributed by atoms with Crippen molar-refractivity contribution in [2.45, 2.75) is 45.6 Å². The molecule has 1 aromatic carbocycles. The van der Waals surface area contributed by atoms with Gasteiger partial charge in [-0.05, 0) is 28.9 Å². The molecule has 1 amide bonds. The van der Waals surface area contributed by atoms with Gasteiger partial charge in [-0.25, -0.2) is 13.1 Å². The van der Waals surface area contributed by atoms with Crippen LogP contribution in [0.25, 0.3) is 0 Å². The van der Waals surface area contributed by atoms with Crippen molar-refractivity contribution in [3.05, 3.63) is 47.7 Å². The molecule has 1 saturated heterocycles. The molecule has 0 bridgehead atoms. The van der Waals surface area contributed by atoms with E-state index in [1.165, 1.54) is 5.56 Å². The van der Waals surface area contributed by atoms with E-state index in [0.29, 0.717) is 18.8 Å². The lowest BCUT2D eigenvalue weighted by Gasteiger charge is -2.19. The molecule has 0 spiro atoms. The molecule has 146 valence electrons. The second-order valence-corrected chi connectivity index (χ2v) is 10.6. The number of hydrogen-bond donors (Lipinski definition) is 1. The third-order valence-electron chi connectivity index (χ3n) is 4.94. The molecule has 0 aliphatic carbocycles. The van der Waals surface area contributed by atoms with Crippen LogP contribution in [-0.2, 0) is 26.6 Å². The first-order valence-corrected chi connectivity index (χ1v) is 11.1. The molecule has 6 nitrogen and oxygen atoms in total. The van der Waals surface area contributed by atoms with E-state index < -0.39 is 9.84 Å². The predicted octanol–water partition coefficient (Wildman–Crippen LogP) is 2.99. The van der Waals surface area contributed by atoms with Gasteiger partial charge in [-0.1, -0.05) is 45.0 Å². The average Bonchev–Trinajstić information content (AvgIpc) is 3.13. The number of nitrogens with one attached hydrogen (secondary N) is 1. The molecule has 1 fully saturated rings. The van der Waals surface area contributed by atoms with E-state index >= 15 is 0 Å². The standard InChI is InChI=1S/C20H27N3O3S/c1-20(2,3)17-6-4-15(5-7-17)13-23-18(8-10-21-23)22-19(24)12-16-9-11-27(25,26)14-16/h4-8,10,16H,9,11-14H2,1-3H3,(H,22,24). The Morgan fingerprint density at radius 3 is 2.52 bits per heavy atom. The molecular weight excluding hydrogens is 362 g/mol. The second kappa shape index (κ2) is 7.46. The average molecular weight is 390 g/mol. The van der Waals surface area contributed by atoms with Crippen LogP contribution in [-0.4, -0.2) is 35.6 Å². The maximum Gasteiger partial charge on any atom is 0.225 e. The zero-order valence-corrected chi connectivity index (χ0v) is 16.9. The van der Waals surface area contributed by atoms with E-state index in [1.807, 2.05) is 0 Å². The van der Waals surface area contributed by atoms with E-state index in [0.717, 1.165) is 5.56 Å². The fraction of sp³-hybridized carbons (Fsp3) is 0.500. The first-order valence-electron chi connectivity index (χ1n) is 9.24. The normalized spacial score (nSPS) is 19.1. The van der Waals surface area contributed by atoms with E-state index in [9.17, 15) is 13.2 Å². The summed E-state index contributed by atoms with van der Waals surface area (Å²) in [6.45, 7) is 7.10. The van der Waals surface area contributed by atoms with Crippen molar-refractivity contribution >= 4 is 21.6 Å². The summed E-state index contributed by atoms with van der Waals surface area (Å²) in [5.41, 5.74) is 2.48. The SMILES string of the molecule is CC(C)(C)c1ccc(Cn2nccc2NC(=O)CC2CCS(=O)(=O)C2)cc1. The van der Waals surface area contributed by atoms with Crippen molar-refractivity contribution in [3.8, 4) is 0 Å². The molecule has 0 radical (unpaired) electrons. The van der Waals surface area contributed by atoms with E-state index in [2.05, 4.69) is 55.5 Å². The molecular formula is C20H27N3O3S. The van der Waals surface area contributed by atoms with Gasteiger partial charge in [-0.3, -0.25) is 4.79 Å². The van der Waals surface area contributed by atoms with Gasteiger partial charge in [-0.15, -0.1) is 0 Å². The van der Waals surface area contributed by atoms with Crippen LogP contribution in [0.15, 0.2) is 36.5 Å². The minimum Gasteiger partial charge on any atom is -0.311 e. The summed E-state index contributed by atoms with van der Waals surface area (Å²) in [6, 6.07) is 10.2. The summed E-state index contributed by atoms with van der Waals surface area (Å²) in [4.78, 5) is 12.3. The molecule has 1 unspecified atom stereocenters. The van der Waals surface area contributed by atoms with Crippen molar-refractivity contribution in [3.63, 3.8) is 0 Å². The summed E-state index contributed by atoms with van der Waals surface area (Å²) < 4.78 is 24.8. The van der Waals surface area contributed by atoms with Gasteiger partial charge in [0, 0.05) is 12.5 Å². The highest BCUT2D eigenvalue weighted by Crippen LogP contribution is 2.24. The Morgan fingerprint density at radius 1 is 1.22 bits per heavy atom. The molecule has 2 heterocycles. The van der Waals surface area contributed by atoms with Crippen molar-refractivity contribution in [2.24, 2.45) is 5.92 Å². The third-order valence-corrected chi connectivity index (χ3v) is 6.77. The molecule has 1 atom stereocenters. The summed E-state index contributed by atoms with van der Waals surface area (Å²) in [6.07, 6.45) is 2.44. The van der Waals surface area contributed by atoms with Gasteiger partial charge < -0.3 is 5.32 Å². The highest BCUT2D eigenvalue weighted by Gasteiger charge is 2.29. The van der Waals surface area contributed by atoms with Crippen molar-refractivity contribution in [1.29, 1.82) is 0 Å². The maximum absolute atomic E-state index is 12.3. The van der Waals surface area contributed by atoms with E-state index in [4.69, 9.17) is 0 Å². The van der Waals surface area contributed by atoms with E-state index in [-0.39, 0.29) is 35.2 Å². The number of rotatable bonds is 5. The fourth-order valence-corrected chi connectivity index (χ4v) is 5.20. The lowest BCUT2D eigenvalue weighted by Crippen LogP contribution is -2.20. The van der Waals surface area contributed by atoms with Crippen LogP contribution in [0.4, 0.5) is 5.82 Å². The summed E-state index contributed by atoms with van der Waals surface area (Å²) in [7, 11) is -2.96. The van der Waals surface area contributed by atoms with Gasteiger partial charge in [0.15, 0.2) is 9.84 Å². The molecule has 1 aliphatic heterocycles. The smallest absolute Gasteiger partial charge is 0.225 e. The van der Waals surface area contributed by atoms with Crippen molar-refractivity contribution < 1.29 is 13.2 Å². The number of anilines is 1. The monoisotopic (exact) mass is 389 g/mol. The molecule has 2 aromatic rings. The van der Waals surface area contributed by atoms with Crippen LogP contribution in [0.5, 0.6) is 0 Å². The Balaban J connectivity index is 1.61. The van der Waals surface area contributed by atoms with Crippen LogP contribution < -0.4 is 5.32 Å². The zero-order valence-electron chi connectivity index (χ0n) is 16.1. The van der Waals surface area contributed by atoms with Crippen LogP contribution in [0.2, 0.25) is 0 Å².